The van der Waals surface area contributed by atoms with Crippen molar-refractivity contribution in [1.82, 2.24) is 24.5 Å². The summed E-state index contributed by atoms with van der Waals surface area (Å²) < 4.78 is 2.37. The Kier molecular flexibility index (Phi) is 8.75. The largest absolute Gasteiger partial charge is 0.309 e. The second-order valence-corrected chi connectivity index (χ2v) is 15.8. The fourth-order valence-electron chi connectivity index (χ4n) is 9.20. The minimum absolute atomic E-state index is 0.595. The van der Waals surface area contributed by atoms with Gasteiger partial charge < -0.3 is 4.57 Å². The number of hydrogen-bond acceptors (Lipinski definition) is 4. The van der Waals surface area contributed by atoms with Gasteiger partial charge in [-0.15, -0.1) is 0 Å². The molecular weight excluding hydrogens is 767 g/mol. The average molecular weight is 804 g/mol. The third kappa shape index (κ3) is 6.34. The van der Waals surface area contributed by atoms with Crippen LogP contribution in [0.4, 0.5) is 0 Å². The molecule has 0 saturated carbocycles. The van der Waals surface area contributed by atoms with E-state index in [1.165, 1.54) is 49.3 Å². The van der Waals surface area contributed by atoms with Gasteiger partial charge in [0, 0.05) is 44.9 Å². The molecule has 9 aromatic carbocycles. The number of hydrogen-bond donors (Lipinski definition) is 0. The molecular formula is C58H37N5. The highest BCUT2D eigenvalue weighted by atomic mass is 15.0. The first-order chi connectivity index (χ1) is 31.2. The first kappa shape index (κ1) is 36.3. The SMILES string of the molecule is c1ccc(-c2nc(-c3ccccc3)nc(-c3ccnc(-c4cccc5c(-c6ccc(-c7cccc8c7c7ccccc7n8-c7ccccc7)cc6)cc6ccccc6c45)c3)n2)cc1. The van der Waals surface area contributed by atoms with Gasteiger partial charge in [-0.2, -0.15) is 0 Å². The molecule has 0 unspecified atom stereocenters. The number of pyridine rings is 1. The molecule has 0 aliphatic carbocycles. The highest BCUT2D eigenvalue weighted by Gasteiger charge is 2.19. The van der Waals surface area contributed by atoms with Crippen molar-refractivity contribution in [2.24, 2.45) is 0 Å². The third-order valence-corrected chi connectivity index (χ3v) is 12.1. The lowest BCUT2D eigenvalue weighted by Gasteiger charge is -2.15. The number of fused-ring (bicyclic) bond motifs is 6. The van der Waals surface area contributed by atoms with Crippen molar-refractivity contribution in [2.75, 3.05) is 0 Å². The Morgan fingerprint density at radius 1 is 0.317 bits per heavy atom. The first-order valence-corrected chi connectivity index (χ1v) is 21.2. The predicted molar refractivity (Wildman–Crippen MR) is 260 cm³/mol. The average Bonchev–Trinajstić information content (AvgIpc) is 3.71. The summed E-state index contributed by atoms with van der Waals surface area (Å²) in [6.07, 6.45) is 1.86. The van der Waals surface area contributed by atoms with Crippen LogP contribution in [0.2, 0.25) is 0 Å². The number of benzene rings is 9. The van der Waals surface area contributed by atoms with Crippen LogP contribution in [-0.4, -0.2) is 24.5 Å². The summed E-state index contributed by atoms with van der Waals surface area (Å²) in [5.41, 5.74) is 12.9. The Morgan fingerprint density at radius 3 is 1.57 bits per heavy atom. The van der Waals surface area contributed by atoms with E-state index in [1.54, 1.807) is 0 Å². The Hall–Kier alpha value is -8.54. The molecule has 0 bridgehead atoms. The zero-order valence-corrected chi connectivity index (χ0v) is 34.1. The summed E-state index contributed by atoms with van der Waals surface area (Å²) in [7, 11) is 0. The molecule has 3 heterocycles. The van der Waals surface area contributed by atoms with Gasteiger partial charge in [-0.05, 0) is 86.3 Å². The van der Waals surface area contributed by atoms with E-state index in [-0.39, 0.29) is 0 Å². The standard InChI is InChI=1S/C58H37N5/c1-4-16-40(17-5-1)56-60-57(41-18-6-2-7-19-41)62-58(61-56)43-34-35-59-51(37-43)48-27-14-26-47-50(36-42-20-10-11-23-46(42)54(47)48)39-32-30-38(31-33-39)45-25-15-29-53-55(45)49-24-12-13-28-52(49)63(53)44-21-8-3-9-22-44/h1-37H. The van der Waals surface area contributed by atoms with Crippen LogP contribution in [0.3, 0.4) is 0 Å². The van der Waals surface area contributed by atoms with Crippen molar-refractivity contribution >= 4 is 43.4 Å². The monoisotopic (exact) mass is 803 g/mol. The Balaban J connectivity index is 0.984. The summed E-state index contributed by atoms with van der Waals surface area (Å²) in [6, 6.07) is 76.9. The number of nitrogens with zero attached hydrogens (tertiary/aromatic N) is 5. The van der Waals surface area contributed by atoms with E-state index in [2.05, 4.69) is 156 Å². The number of aromatic nitrogens is 5. The van der Waals surface area contributed by atoms with Crippen molar-refractivity contribution < 1.29 is 0 Å². The Bertz CT molecular complexity index is 3600. The molecule has 0 amide bonds. The maximum absolute atomic E-state index is 5.02. The number of rotatable bonds is 7. The van der Waals surface area contributed by atoms with E-state index >= 15 is 0 Å². The van der Waals surface area contributed by atoms with Crippen LogP contribution in [0.1, 0.15) is 0 Å². The second kappa shape index (κ2) is 15.2. The molecule has 12 rings (SSSR count). The molecule has 0 aliphatic rings. The van der Waals surface area contributed by atoms with Crippen molar-refractivity contribution in [2.45, 2.75) is 0 Å². The highest BCUT2D eigenvalue weighted by Crippen LogP contribution is 2.42. The minimum atomic E-state index is 0.595. The van der Waals surface area contributed by atoms with Gasteiger partial charge in [0.05, 0.1) is 16.7 Å². The van der Waals surface area contributed by atoms with Gasteiger partial charge >= 0.3 is 0 Å². The molecule has 5 heteroatoms. The summed E-state index contributed by atoms with van der Waals surface area (Å²) >= 11 is 0. The maximum Gasteiger partial charge on any atom is 0.164 e. The van der Waals surface area contributed by atoms with Gasteiger partial charge in [0.2, 0.25) is 0 Å². The highest BCUT2D eigenvalue weighted by molar-refractivity contribution is 6.19. The summed E-state index contributed by atoms with van der Waals surface area (Å²) in [5, 5.41) is 7.16. The topological polar surface area (TPSA) is 56.5 Å². The fraction of sp³-hybridized carbons (Fsp3) is 0. The quantitative estimate of drug-likeness (QED) is 0.151. The predicted octanol–water partition coefficient (Wildman–Crippen LogP) is 14.7. The number of para-hydroxylation sites is 2. The van der Waals surface area contributed by atoms with Crippen LogP contribution in [-0.2, 0) is 0 Å². The van der Waals surface area contributed by atoms with E-state index in [9.17, 15) is 0 Å². The van der Waals surface area contributed by atoms with Crippen LogP contribution in [0.5, 0.6) is 0 Å². The molecule has 0 fully saturated rings. The first-order valence-electron chi connectivity index (χ1n) is 21.2. The van der Waals surface area contributed by atoms with E-state index < -0.39 is 0 Å². The Labute approximate surface area is 364 Å². The van der Waals surface area contributed by atoms with Crippen molar-refractivity contribution in [3.8, 4) is 73.4 Å². The van der Waals surface area contributed by atoms with E-state index in [4.69, 9.17) is 19.9 Å². The van der Waals surface area contributed by atoms with Crippen LogP contribution in [0.15, 0.2) is 225 Å². The van der Waals surface area contributed by atoms with Gasteiger partial charge in [-0.25, -0.2) is 15.0 Å². The fourth-order valence-corrected chi connectivity index (χ4v) is 9.20. The summed E-state index contributed by atoms with van der Waals surface area (Å²) in [6.45, 7) is 0. The van der Waals surface area contributed by atoms with E-state index in [0.29, 0.717) is 17.5 Å². The zero-order chi connectivity index (χ0) is 41.7. The van der Waals surface area contributed by atoms with Gasteiger partial charge in [-0.3, -0.25) is 4.98 Å². The molecule has 0 N–H and O–H groups in total. The van der Waals surface area contributed by atoms with Gasteiger partial charge in [-0.1, -0.05) is 176 Å². The van der Waals surface area contributed by atoms with Crippen molar-refractivity contribution in [1.29, 1.82) is 0 Å². The molecule has 0 atom stereocenters. The molecule has 5 nitrogen and oxygen atoms in total. The van der Waals surface area contributed by atoms with Crippen LogP contribution in [0.25, 0.3) is 117 Å². The molecule has 294 valence electrons. The van der Waals surface area contributed by atoms with Crippen LogP contribution < -0.4 is 0 Å². The van der Waals surface area contributed by atoms with E-state index in [0.717, 1.165) is 50.0 Å². The lowest BCUT2D eigenvalue weighted by atomic mass is 9.89. The van der Waals surface area contributed by atoms with Gasteiger partial charge in [0.15, 0.2) is 17.5 Å². The third-order valence-electron chi connectivity index (χ3n) is 12.1. The summed E-state index contributed by atoms with van der Waals surface area (Å²) in [4.78, 5) is 20.0. The van der Waals surface area contributed by atoms with Crippen molar-refractivity contribution in [3.05, 3.63) is 225 Å². The van der Waals surface area contributed by atoms with Crippen molar-refractivity contribution in [3.63, 3.8) is 0 Å². The second-order valence-electron chi connectivity index (χ2n) is 15.8. The molecule has 63 heavy (non-hydrogen) atoms. The zero-order valence-electron chi connectivity index (χ0n) is 34.1. The molecule has 0 spiro atoms. The van der Waals surface area contributed by atoms with Crippen LogP contribution >= 0.6 is 0 Å². The molecule has 0 saturated heterocycles. The smallest absolute Gasteiger partial charge is 0.164 e. The van der Waals surface area contributed by atoms with Crippen LogP contribution in [0, 0.1) is 0 Å². The van der Waals surface area contributed by atoms with Gasteiger partial charge in [0.25, 0.3) is 0 Å². The molecule has 12 aromatic rings. The molecule has 0 radical (unpaired) electrons. The van der Waals surface area contributed by atoms with E-state index in [1.807, 2.05) is 72.9 Å². The molecule has 3 aromatic heterocycles. The maximum atomic E-state index is 5.02. The minimum Gasteiger partial charge on any atom is -0.309 e. The Morgan fingerprint density at radius 2 is 0.857 bits per heavy atom. The summed E-state index contributed by atoms with van der Waals surface area (Å²) in [5.74, 6) is 1.85. The van der Waals surface area contributed by atoms with Gasteiger partial charge in [0.1, 0.15) is 0 Å². The molecule has 0 aliphatic heterocycles. The normalized spacial score (nSPS) is 11.5. The lowest BCUT2D eigenvalue weighted by Crippen LogP contribution is -2.00. The lowest BCUT2D eigenvalue weighted by molar-refractivity contribution is 1.07.